The lowest BCUT2D eigenvalue weighted by Crippen LogP contribution is -2.16. The van der Waals surface area contributed by atoms with Gasteiger partial charge in [0.05, 0.1) is 0 Å². The zero-order valence-corrected chi connectivity index (χ0v) is 12.6. The van der Waals surface area contributed by atoms with E-state index in [1.54, 1.807) is 0 Å². The third-order valence-corrected chi connectivity index (χ3v) is 4.59. The second-order valence-corrected chi connectivity index (χ2v) is 6.17. The zero-order valence-electron chi connectivity index (χ0n) is 12.6. The first-order chi connectivity index (χ1) is 9.61. The number of Topliss-reactive ketones (excluding diaryl/α,β-unsaturated/α-hetero) is 1. The van der Waals surface area contributed by atoms with Crippen molar-refractivity contribution in [1.82, 2.24) is 0 Å². The van der Waals surface area contributed by atoms with Gasteiger partial charge in [-0.15, -0.1) is 0 Å². The Bertz CT molecular complexity index is 425. The lowest BCUT2D eigenvalue weighted by molar-refractivity contribution is 0.0779. The van der Waals surface area contributed by atoms with Crippen LogP contribution in [0.2, 0.25) is 0 Å². The lowest BCUT2D eigenvalue weighted by atomic mass is 9.77. The van der Waals surface area contributed by atoms with E-state index in [0.29, 0.717) is 11.5 Å². The fourth-order valence-electron chi connectivity index (χ4n) is 3.35. The van der Waals surface area contributed by atoms with E-state index in [9.17, 15) is 9.90 Å². The Hall–Kier alpha value is -1.15. The first-order valence-electron chi connectivity index (χ1n) is 7.94. The van der Waals surface area contributed by atoms with Crippen LogP contribution >= 0.6 is 0 Å². The quantitative estimate of drug-likeness (QED) is 0.812. The van der Waals surface area contributed by atoms with Gasteiger partial charge in [0.1, 0.15) is 6.10 Å². The van der Waals surface area contributed by atoms with Gasteiger partial charge in [0.15, 0.2) is 5.78 Å². The minimum Gasteiger partial charge on any atom is -0.385 e. The van der Waals surface area contributed by atoms with Crippen LogP contribution in [0.15, 0.2) is 24.3 Å². The van der Waals surface area contributed by atoms with Crippen LogP contribution in [0.4, 0.5) is 0 Å². The highest BCUT2D eigenvalue weighted by Gasteiger charge is 2.22. The van der Waals surface area contributed by atoms with Crippen LogP contribution in [0.3, 0.4) is 0 Å². The molecule has 2 nitrogen and oxygen atoms in total. The van der Waals surface area contributed by atoms with E-state index in [1.807, 2.05) is 12.1 Å². The van der Waals surface area contributed by atoms with Crippen LogP contribution in [0.25, 0.3) is 0 Å². The molecule has 1 fully saturated rings. The van der Waals surface area contributed by atoms with Gasteiger partial charge in [-0.25, -0.2) is 0 Å². The van der Waals surface area contributed by atoms with E-state index in [-0.39, 0.29) is 5.78 Å². The maximum absolute atomic E-state index is 11.7. The van der Waals surface area contributed by atoms with E-state index in [2.05, 4.69) is 19.1 Å². The molecule has 0 bridgehead atoms. The van der Waals surface area contributed by atoms with Crippen molar-refractivity contribution in [2.75, 3.05) is 0 Å². The summed E-state index contributed by atoms with van der Waals surface area (Å²) in [7, 11) is 0. The van der Waals surface area contributed by atoms with Gasteiger partial charge in [-0.05, 0) is 50.0 Å². The molecule has 2 rings (SSSR count). The van der Waals surface area contributed by atoms with Gasteiger partial charge in [-0.2, -0.15) is 0 Å². The van der Waals surface area contributed by atoms with E-state index in [1.165, 1.54) is 51.0 Å². The topological polar surface area (TPSA) is 37.3 Å². The maximum atomic E-state index is 11.7. The number of ketones is 1. The smallest absolute Gasteiger partial charge is 0.190 e. The van der Waals surface area contributed by atoms with Crippen LogP contribution < -0.4 is 0 Å². The molecule has 1 atom stereocenters. The molecule has 20 heavy (non-hydrogen) atoms. The number of carbonyl (C=O) groups is 1. The number of hydrogen-bond donors (Lipinski definition) is 1. The third kappa shape index (κ3) is 3.69. The average Bonchev–Trinajstić information content (AvgIpc) is 2.48. The Kier molecular flexibility index (Phi) is 5.36. The molecule has 1 aromatic carbocycles. The molecule has 1 N–H and O–H groups in total. The molecule has 1 aliphatic carbocycles. The van der Waals surface area contributed by atoms with Crippen LogP contribution in [0, 0.1) is 5.92 Å². The Balaban J connectivity index is 1.96. The molecule has 1 aromatic rings. The molecule has 0 saturated heterocycles. The summed E-state index contributed by atoms with van der Waals surface area (Å²) in [4.78, 5) is 11.7. The predicted molar refractivity (Wildman–Crippen MR) is 82.1 cm³/mol. The third-order valence-electron chi connectivity index (χ3n) is 4.59. The van der Waals surface area contributed by atoms with E-state index < -0.39 is 6.10 Å². The highest BCUT2D eigenvalue weighted by molar-refractivity contribution is 5.99. The summed E-state index contributed by atoms with van der Waals surface area (Å²) in [6.45, 7) is 3.79. The fraction of sp³-hybridized carbons (Fsp3) is 0.611. The van der Waals surface area contributed by atoms with Crippen molar-refractivity contribution >= 4 is 5.78 Å². The molecule has 110 valence electrons. The molecular weight excluding hydrogens is 248 g/mol. The monoisotopic (exact) mass is 274 g/mol. The normalized spacial score (nSPS) is 24.4. The molecule has 1 saturated carbocycles. The number of rotatable bonds is 5. The highest BCUT2D eigenvalue weighted by Crippen LogP contribution is 2.37. The van der Waals surface area contributed by atoms with Gasteiger partial charge >= 0.3 is 0 Å². The molecule has 0 heterocycles. The zero-order chi connectivity index (χ0) is 14.5. The molecule has 0 aromatic heterocycles. The minimum atomic E-state index is -0.912. The first kappa shape index (κ1) is 15.2. The largest absolute Gasteiger partial charge is 0.385 e. The predicted octanol–water partition coefficient (Wildman–Crippen LogP) is 4.32. The second-order valence-electron chi connectivity index (χ2n) is 6.17. The SMILES string of the molecule is CCCC1CCC(c2ccc(C(=O)[C@H](C)O)cc2)CC1. The van der Waals surface area contributed by atoms with Gasteiger partial charge in [0, 0.05) is 5.56 Å². The molecule has 0 radical (unpaired) electrons. The van der Waals surface area contributed by atoms with Crippen molar-refractivity contribution in [3.63, 3.8) is 0 Å². The number of hydrogen-bond acceptors (Lipinski definition) is 2. The standard InChI is InChI=1S/C18H26O2/c1-3-4-14-5-7-15(8-6-14)16-9-11-17(12-10-16)18(20)13(2)19/h9-15,19H,3-8H2,1-2H3/t13-,14?,15?/m0/s1. The first-order valence-corrected chi connectivity index (χ1v) is 7.94. The molecule has 0 aliphatic heterocycles. The summed E-state index contributed by atoms with van der Waals surface area (Å²) < 4.78 is 0. The second kappa shape index (κ2) is 7.03. The van der Waals surface area contributed by atoms with Gasteiger partial charge in [0.25, 0.3) is 0 Å². The molecule has 0 unspecified atom stereocenters. The fourth-order valence-corrected chi connectivity index (χ4v) is 3.35. The van der Waals surface area contributed by atoms with Crippen molar-refractivity contribution in [3.8, 4) is 0 Å². The van der Waals surface area contributed by atoms with Gasteiger partial charge in [0.2, 0.25) is 0 Å². The van der Waals surface area contributed by atoms with Crippen molar-refractivity contribution in [1.29, 1.82) is 0 Å². The molecule has 2 heteroatoms. The van der Waals surface area contributed by atoms with Crippen LogP contribution in [-0.4, -0.2) is 17.0 Å². The van der Waals surface area contributed by atoms with Gasteiger partial charge in [-0.1, -0.05) is 44.0 Å². The Morgan fingerprint density at radius 1 is 1.20 bits per heavy atom. The number of benzene rings is 1. The Labute approximate surface area is 122 Å². The van der Waals surface area contributed by atoms with Gasteiger partial charge in [-0.3, -0.25) is 4.79 Å². The van der Waals surface area contributed by atoms with Crippen molar-refractivity contribution in [2.24, 2.45) is 5.92 Å². The summed E-state index contributed by atoms with van der Waals surface area (Å²) in [6, 6.07) is 7.87. The molecule has 1 aliphatic rings. The van der Waals surface area contributed by atoms with Gasteiger partial charge < -0.3 is 5.11 Å². The summed E-state index contributed by atoms with van der Waals surface area (Å²) in [6.07, 6.45) is 6.98. The Morgan fingerprint density at radius 3 is 2.30 bits per heavy atom. The van der Waals surface area contributed by atoms with Crippen LogP contribution in [0.1, 0.15) is 74.2 Å². The van der Waals surface area contributed by atoms with E-state index in [4.69, 9.17) is 0 Å². The maximum Gasteiger partial charge on any atom is 0.190 e. The number of aliphatic hydroxyl groups is 1. The van der Waals surface area contributed by atoms with E-state index >= 15 is 0 Å². The molecule has 0 amide bonds. The summed E-state index contributed by atoms with van der Waals surface area (Å²) in [5.74, 6) is 1.38. The van der Waals surface area contributed by atoms with E-state index in [0.717, 1.165) is 5.92 Å². The summed E-state index contributed by atoms with van der Waals surface area (Å²) in [5.41, 5.74) is 1.96. The highest BCUT2D eigenvalue weighted by atomic mass is 16.3. The number of carbonyl (C=O) groups excluding carboxylic acids is 1. The molecular formula is C18H26O2. The van der Waals surface area contributed by atoms with Crippen molar-refractivity contribution in [2.45, 2.75) is 64.4 Å². The van der Waals surface area contributed by atoms with Crippen molar-refractivity contribution in [3.05, 3.63) is 35.4 Å². The summed E-state index contributed by atoms with van der Waals surface area (Å²) >= 11 is 0. The Morgan fingerprint density at radius 2 is 1.80 bits per heavy atom. The van der Waals surface area contributed by atoms with Crippen LogP contribution in [-0.2, 0) is 0 Å². The lowest BCUT2D eigenvalue weighted by Gasteiger charge is -2.28. The minimum absolute atomic E-state index is 0.191. The average molecular weight is 274 g/mol. The van der Waals surface area contributed by atoms with Crippen LogP contribution in [0.5, 0.6) is 0 Å². The number of aliphatic hydroxyl groups excluding tert-OH is 1. The summed E-state index contributed by atoms with van der Waals surface area (Å²) in [5, 5.41) is 9.32. The molecule has 0 spiro atoms. The van der Waals surface area contributed by atoms with Crippen molar-refractivity contribution < 1.29 is 9.90 Å².